The Morgan fingerprint density at radius 2 is 1.59 bits per heavy atom. The predicted octanol–water partition coefficient (Wildman–Crippen LogP) is 4.14. The van der Waals surface area contributed by atoms with Gasteiger partial charge in [-0.2, -0.15) is 0 Å². The van der Waals surface area contributed by atoms with Gasteiger partial charge in [-0.05, 0) is 82.5 Å². The second-order valence-electron chi connectivity index (χ2n) is 10.5. The highest BCUT2D eigenvalue weighted by Crippen LogP contribution is 2.36. The van der Waals surface area contributed by atoms with E-state index in [2.05, 4.69) is 15.3 Å². The molecule has 0 spiro atoms. The second kappa shape index (κ2) is 11.3. The summed E-state index contributed by atoms with van der Waals surface area (Å²) in [5, 5.41) is 3.09. The summed E-state index contributed by atoms with van der Waals surface area (Å²) >= 11 is 0. The van der Waals surface area contributed by atoms with Crippen molar-refractivity contribution >= 4 is 30.1 Å². The first-order valence-electron chi connectivity index (χ1n) is 12.7. The van der Waals surface area contributed by atoms with Gasteiger partial charge in [0.05, 0.1) is 18.3 Å². The minimum Gasteiger partial charge on any atom is -0.497 e. The Balaban J connectivity index is 1.53. The average molecular weight is 538 g/mol. The van der Waals surface area contributed by atoms with Gasteiger partial charge in [0.25, 0.3) is 0 Å². The number of aryl methyl sites for hydroxylation is 1. The molecule has 0 radical (unpaired) electrons. The number of anilines is 2. The number of aromatic nitrogens is 2. The number of halogens is 2. The molecule has 0 bridgehead atoms. The van der Waals surface area contributed by atoms with Gasteiger partial charge in [-0.15, -0.1) is 0 Å². The van der Waals surface area contributed by atoms with Gasteiger partial charge in [0.15, 0.2) is 0 Å². The lowest BCUT2D eigenvalue weighted by Crippen LogP contribution is -2.42. The standard InChI is InChI=1S/C28H33BF2N4O4/c1-27(2)28(3,4)39-29(38-27)19-16-32-26(33-17-19)34-24(12-7-18-13-20(30)15-21(31)14-18)25(36)35(5)22-8-10-23(37-6)11-9-22/h8-11,13-17,24H,7,12H2,1-6H3,(H,32,33,34)/t24-/m0/s1. The maximum atomic E-state index is 13.7. The fourth-order valence-corrected chi connectivity index (χ4v) is 4.16. The Kier molecular flexibility index (Phi) is 8.22. The van der Waals surface area contributed by atoms with Crippen LogP contribution in [0.15, 0.2) is 54.9 Å². The van der Waals surface area contributed by atoms with Crippen LogP contribution >= 0.6 is 0 Å². The second-order valence-corrected chi connectivity index (χ2v) is 10.5. The first kappa shape index (κ1) is 28.4. The summed E-state index contributed by atoms with van der Waals surface area (Å²) in [7, 11) is 2.60. The van der Waals surface area contributed by atoms with E-state index in [1.807, 2.05) is 27.7 Å². The molecule has 11 heteroatoms. The Bertz CT molecular complexity index is 1270. The normalized spacial score (nSPS) is 16.6. The average Bonchev–Trinajstić information content (AvgIpc) is 3.12. The highest BCUT2D eigenvalue weighted by Gasteiger charge is 2.52. The first-order chi connectivity index (χ1) is 18.4. The molecule has 1 N–H and O–H groups in total. The molecule has 1 amide bonds. The first-order valence-corrected chi connectivity index (χ1v) is 12.7. The molecule has 8 nitrogen and oxygen atoms in total. The van der Waals surface area contributed by atoms with Crippen LogP contribution in [0.3, 0.4) is 0 Å². The smallest absolute Gasteiger partial charge is 0.497 e. The van der Waals surface area contributed by atoms with Crippen LogP contribution in [0.1, 0.15) is 39.7 Å². The molecule has 2 aromatic carbocycles. The van der Waals surface area contributed by atoms with Crippen molar-refractivity contribution in [2.24, 2.45) is 0 Å². The SMILES string of the molecule is COc1ccc(N(C)C(=O)[C@H](CCc2cc(F)cc(F)c2)Nc2ncc(B3OC(C)(C)C(C)(C)O3)cn2)cc1. The van der Waals surface area contributed by atoms with Crippen molar-refractivity contribution in [1.29, 1.82) is 0 Å². The Morgan fingerprint density at radius 1 is 1.03 bits per heavy atom. The largest absolute Gasteiger partial charge is 0.498 e. The van der Waals surface area contributed by atoms with Crippen LogP contribution < -0.4 is 20.4 Å². The van der Waals surface area contributed by atoms with E-state index in [4.69, 9.17) is 14.0 Å². The summed E-state index contributed by atoms with van der Waals surface area (Å²) in [5.74, 6) is -0.716. The van der Waals surface area contributed by atoms with Crippen LogP contribution in [0, 0.1) is 11.6 Å². The van der Waals surface area contributed by atoms with Crippen LogP contribution in [0.4, 0.5) is 20.4 Å². The van der Waals surface area contributed by atoms with Crippen LogP contribution in [0.2, 0.25) is 0 Å². The lowest BCUT2D eigenvalue weighted by molar-refractivity contribution is -0.119. The van der Waals surface area contributed by atoms with Crippen molar-refractivity contribution in [3.05, 3.63) is 72.1 Å². The van der Waals surface area contributed by atoms with E-state index in [9.17, 15) is 13.6 Å². The summed E-state index contributed by atoms with van der Waals surface area (Å²) < 4.78 is 44.8. The van der Waals surface area contributed by atoms with E-state index in [0.717, 1.165) is 6.07 Å². The van der Waals surface area contributed by atoms with E-state index >= 15 is 0 Å². The number of methoxy groups -OCH3 is 1. The van der Waals surface area contributed by atoms with Crippen LogP contribution in [-0.4, -0.2) is 54.4 Å². The van der Waals surface area contributed by atoms with Crippen molar-refractivity contribution in [3.8, 4) is 5.75 Å². The molecule has 0 unspecified atom stereocenters. The van der Waals surface area contributed by atoms with Crippen LogP contribution in [0.25, 0.3) is 0 Å². The fraction of sp³-hybridized carbons (Fsp3) is 0.393. The summed E-state index contributed by atoms with van der Waals surface area (Å²) in [5.41, 5.74) is 0.730. The minimum atomic E-state index is -0.786. The van der Waals surface area contributed by atoms with Crippen molar-refractivity contribution in [3.63, 3.8) is 0 Å². The number of benzene rings is 2. The number of nitrogens with zero attached hydrogens (tertiary/aromatic N) is 3. The molecule has 4 rings (SSSR count). The number of likely N-dealkylation sites (N-methyl/N-ethyl adjacent to an activating group) is 1. The molecule has 1 aliphatic heterocycles. The van der Waals surface area contributed by atoms with Crippen molar-refractivity contribution in [2.75, 3.05) is 24.4 Å². The van der Waals surface area contributed by atoms with Gasteiger partial charge in [-0.25, -0.2) is 18.7 Å². The van der Waals surface area contributed by atoms with E-state index in [-0.39, 0.29) is 24.7 Å². The van der Waals surface area contributed by atoms with Gasteiger partial charge < -0.3 is 24.3 Å². The Morgan fingerprint density at radius 3 is 2.13 bits per heavy atom. The molecule has 1 atom stereocenters. The van der Waals surface area contributed by atoms with Gasteiger partial charge in [-0.1, -0.05) is 0 Å². The number of ether oxygens (including phenoxy) is 1. The number of carbonyl (C=O) groups is 1. The highest BCUT2D eigenvalue weighted by atomic mass is 19.1. The maximum Gasteiger partial charge on any atom is 0.498 e. The third kappa shape index (κ3) is 6.54. The molecular formula is C28H33BF2N4O4. The van der Waals surface area contributed by atoms with Gasteiger partial charge in [-0.3, -0.25) is 4.79 Å². The molecule has 0 saturated carbocycles. The number of rotatable bonds is 9. The van der Waals surface area contributed by atoms with Crippen LogP contribution in [0.5, 0.6) is 5.75 Å². The number of carbonyl (C=O) groups excluding carboxylic acids is 1. The number of nitrogens with one attached hydrogen (secondary N) is 1. The molecule has 39 heavy (non-hydrogen) atoms. The molecule has 0 aliphatic carbocycles. The zero-order chi connectivity index (χ0) is 28.4. The molecule has 1 aliphatic rings. The summed E-state index contributed by atoms with van der Waals surface area (Å²) in [4.78, 5) is 23.8. The van der Waals surface area contributed by atoms with Crippen molar-refractivity contribution in [1.82, 2.24) is 9.97 Å². The van der Waals surface area contributed by atoms with Crippen molar-refractivity contribution in [2.45, 2.75) is 57.8 Å². The quantitative estimate of drug-likeness (QED) is 0.410. The highest BCUT2D eigenvalue weighted by molar-refractivity contribution is 6.61. The zero-order valence-corrected chi connectivity index (χ0v) is 23.0. The molecule has 206 valence electrons. The van der Waals surface area contributed by atoms with Gasteiger partial charge in [0.1, 0.15) is 23.4 Å². The maximum absolute atomic E-state index is 13.7. The van der Waals surface area contributed by atoms with E-state index in [1.165, 1.54) is 17.0 Å². The fourth-order valence-electron chi connectivity index (χ4n) is 4.16. The molecule has 1 aromatic heterocycles. The number of amides is 1. The predicted molar refractivity (Wildman–Crippen MR) is 146 cm³/mol. The van der Waals surface area contributed by atoms with E-state index < -0.39 is 36.0 Å². The summed E-state index contributed by atoms with van der Waals surface area (Å²) in [6, 6.07) is 9.60. The van der Waals surface area contributed by atoms with E-state index in [1.54, 1.807) is 50.8 Å². The summed E-state index contributed by atoms with van der Waals surface area (Å²) in [6.07, 6.45) is 3.67. The number of hydrogen-bond acceptors (Lipinski definition) is 7. The lowest BCUT2D eigenvalue weighted by Gasteiger charge is -2.32. The van der Waals surface area contributed by atoms with Gasteiger partial charge >= 0.3 is 7.12 Å². The van der Waals surface area contributed by atoms with Crippen molar-refractivity contribution < 1.29 is 27.6 Å². The summed E-state index contributed by atoms with van der Waals surface area (Å²) in [6.45, 7) is 7.85. The van der Waals surface area contributed by atoms with Gasteiger partial charge in [0, 0.05) is 36.7 Å². The molecular weight excluding hydrogens is 505 g/mol. The van der Waals surface area contributed by atoms with Crippen LogP contribution in [-0.2, 0) is 20.5 Å². The Labute approximate surface area is 227 Å². The van der Waals surface area contributed by atoms with E-state index in [0.29, 0.717) is 22.5 Å². The third-order valence-electron chi connectivity index (χ3n) is 7.23. The molecule has 1 fully saturated rings. The third-order valence-corrected chi connectivity index (χ3v) is 7.23. The zero-order valence-electron chi connectivity index (χ0n) is 23.0. The molecule has 1 saturated heterocycles. The molecule has 2 heterocycles. The lowest BCUT2D eigenvalue weighted by atomic mass is 9.81. The Hall–Kier alpha value is -3.57. The monoisotopic (exact) mass is 538 g/mol. The molecule has 3 aromatic rings. The minimum absolute atomic E-state index is 0.224. The van der Waals surface area contributed by atoms with Gasteiger partial charge in [0.2, 0.25) is 11.9 Å². The topological polar surface area (TPSA) is 85.8 Å². The number of hydrogen-bond donors (Lipinski definition) is 1.